The molecule has 3 rings (SSSR count). The SMILES string of the molecule is CN=C(NCc1cccc(S(N)(=O)=O)c1)NC1CCN(c2ccccc2OC)C1. The Morgan fingerprint density at radius 1 is 1.28 bits per heavy atom. The van der Waals surface area contributed by atoms with Crippen LogP contribution < -0.4 is 25.4 Å². The third-order valence-corrected chi connectivity index (χ3v) is 5.78. The second-order valence-electron chi connectivity index (χ2n) is 6.87. The molecule has 1 saturated heterocycles. The first-order valence-electron chi connectivity index (χ1n) is 9.37. The fourth-order valence-corrected chi connectivity index (χ4v) is 3.98. The minimum atomic E-state index is -3.72. The van der Waals surface area contributed by atoms with Crippen molar-refractivity contribution in [3.8, 4) is 5.75 Å². The normalized spacial score (nSPS) is 17.3. The molecule has 1 aliphatic rings. The number of sulfonamides is 1. The van der Waals surface area contributed by atoms with Gasteiger partial charge in [-0.25, -0.2) is 13.6 Å². The number of para-hydroxylation sites is 2. The highest BCUT2D eigenvalue weighted by molar-refractivity contribution is 7.89. The smallest absolute Gasteiger partial charge is 0.238 e. The summed E-state index contributed by atoms with van der Waals surface area (Å²) in [4.78, 5) is 6.67. The van der Waals surface area contributed by atoms with Gasteiger partial charge in [0, 0.05) is 32.7 Å². The molecule has 2 aromatic rings. The average Bonchev–Trinajstić information content (AvgIpc) is 3.19. The van der Waals surface area contributed by atoms with E-state index in [9.17, 15) is 8.42 Å². The van der Waals surface area contributed by atoms with Crippen LogP contribution in [0, 0.1) is 0 Å². The molecule has 8 nitrogen and oxygen atoms in total. The number of rotatable bonds is 6. The van der Waals surface area contributed by atoms with Crippen LogP contribution in [0.2, 0.25) is 0 Å². The fourth-order valence-electron chi connectivity index (χ4n) is 3.39. The molecule has 0 aliphatic carbocycles. The number of nitrogens with two attached hydrogens (primary N) is 1. The van der Waals surface area contributed by atoms with Crippen molar-refractivity contribution in [3.63, 3.8) is 0 Å². The predicted octanol–water partition coefficient (Wildman–Crippen LogP) is 1.29. The Morgan fingerprint density at radius 3 is 2.79 bits per heavy atom. The Balaban J connectivity index is 1.57. The molecular formula is C20H27N5O3S. The van der Waals surface area contributed by atoms with E-state index >= 15 is 0 Å². The van der Waals surface area contributed by atoms with E-state index in [2.05, 4.69) is 26.6 Å². The molecule has 29 heavy (non-hydrogen) atoms. The van der Waals surface area contributed by atoms with Crippen LogP contribution in [0.15, 0.2) is 58.4 Å². The molecule has 1 heterocycles. The van der Waals surface area contributed by atoms with Crippen molar-refractivity contribution in [1.29, 1.82) is 0 Å². The van der Waals surface area contributed by atoms with Crippen molar-refractivity contribution < 1.29 is 13.2 Å². The van der Waals surface area contributed by atoms with Gasteiger partial charge in [-0.05, 0) is 36.2 Å². The highest BCUT2D eigenvalue weighted by Gasteiger charge is 2.25. The summed E-state index contributed by atoms with van der Waals surface area (Å²) in [6.45, 7) is 2.19. The number of guanidine groups is 1. The molecule has 1 fully saturated rings. The molecule has 4 N–H and O–H groups in total. The number of hydrogen-bond acceptors (Lipinski definition) is 5. The second kappa shape index (κ2) is 9.15. The number of methoxy groups -OCH3 is 1. The summed E-state index contributed by atoms with van der Waals surface area (Å²) >= 11 is 0. The van der Waals surface area contributed by atoms with Crippen LogP contribution in [0.3, 0.4) is 0 Å². The fraction of sp³-hybridized carbons (Fsp3) is 0.350. The van der Waals surface area contributed by atoms with Crippen LogP contribution in [-0.2, 0) is 16.6 Å². The number of nitrogens with zero attached hydrogens (tertiary/aromatic N) is 2. The van der Waals surface area contributed by atoms with E-state index in [0.717, 1.165) is 36.5 Å². The van der Waals surface area contributed by atoms with Crippen molar-refractivity contribution in [2.24, 2.45) is 10.1 Å². The van der Waals surface area contributed by atoms with Gasteiger partial charge in [0.15, 0.2) is 5.96 Å². The second-order valence-corrected chi connectivity index (χ2v) is 8.43. The van der Waals surface area contributed by atoms with E-state index in [1.807, 2.05) is 24.3 Å². The molecular weight excluding hydrogens is 390 g/mol. The van der Waals surface area contributed by atoms with Gasteiger partial charge >= 0.3 is 0 Å². The molecule has 1 aliphatic heterocycles. The highest BCUT2D eigenvalue weighted by Crippen LogP contribution is 2.30. The minimum absolute atomic E-state index is 0.1000. The van der Waals surface area contributed by atoms with Gasteiger partial charge in [-0.2, -0.15) is 0 Å². The molecule has 0 bridgehead atoms. The summed E-state index contributed by atoms with van der Waals surface area (Å²) < 4.78 is 28.5. The number of nitrogens with one attached hydrogen (secondary N) is 2. The molecule has 0 spiro atoms. The minimum Gasteiger partial charge on any atom is -0.495 e. The number of anilines is 1. The summed E-state index contributed by atoms with van der Waals surface area (Å²) in [6.07, 6.45) is 0.972. The van der Waals surface area contributed by atoms with Crippen LogP contribution in [0.4, 0.5) is 5.69 Å². The van der Waals surface area contributed by atoms with E-state index in [1.54, 1.807) is 26.3 Å². The Bertz CT molecular complexity index is 978. The average molecular weight is 418 g/mol. The third kappa shape index (κ3) is 5.39. The molecule has 0 radical (unpaired) electrons. The first-order valence-corrected chi connectivity index (χ1v) is 10.9. The molecule has 2 aromatic carbocycles. The largest absolute Gasteiger partial charge is 0.495 e. The number of primary sulfonamides is 1. The Labute approximate surface area is 171 Å². The number of hydrogen-bond donors (Lipinski definition) is 3. The van der Waals surface area contributed by atoms with Gasteiger partial charge in [0.1, 0.15) is 5.75 Å². The van der Waals surface area contributed by atoms with Crippen molar-refractivity contribution >= 4 is 21.7 Å². The van der Waals surface area contributed by atoms with Gasteiger partial charge in [-0.15, -0.1) is 0 Å². The van der Waals surface area contributed by atoms with Crippen molar-refractivity contribution in [1.82, 2.24) is 10.6 Å². The molecule has 1 unspecified atom stereocenters. The zero-order valence-electron chi connectivity index (χ0n) is 16.6. The van der Waals surface area contributed by atoms with E-state index in [1.165, 1.54) is 6.07 Å². The van der Waals surface area contributed by atoms with E-state index in [0.29, 0.717) is 12.5 Å². The Hall–Kier alpha value is -2.78. The standard InChI is InChI=1S/C20H27N5O3S/c1-22-20(23-13-15-6-5-7-17(12-15)29(21,26)27)24-16-10-11-25(14-16)18-8-3-4-9-19(18)28-2/h3-9,12,16H,10-11,13-14H2,1-2H3,(H2,21,26,27)(H2,22,23,24). The van der Waals surface area contributed by atoms with E-state index < -0.39 is 10.0 Å². The summed E-state index contributed by atoms with van der Waals surface area (Å²) in [6, 6.07) is 14.8. The van der Waals surface area contributed by atoms with Gasteiger partial charge in [-0.3, -0.25) is 4.99 Å². The number of benzene rings is 2. The quantitative estimate of drug-likeness (QED) is 0.483. The van der Waals surface area contributed by atoms with Crippen LogP contribution in [0.1, 0.15) is 12.0 Å². The highest BCUT2D eigenvalue weighted by atomic mass is 32.2. The van der Waals surface area contributed by atoms with E-state index in [-0.39, 0.29) is 10.9 Å². The lowest BCUT2D eigenvalue weighted by Gasteiger charge is -2.22. The molecule has 9 heteroatoms. The lowest BCUT2D eigenvalue weighted by molar-refractivity contribution is 0.415. The van der Waals surface area contributed by atoms with Gasteiger partial charge in [0.05, 0.1) is 17.7 Å². The summed E-state index contributed by atoms with van der Waals surface area (Å²) in [5, 5.41) is 11.9. The van der Waals surface area contributed by atoms with Crippen molar-refractivity contribution in [2.45, 2.75) is 23.9 Å². The van der Waals surface area contributed by atoms with Gasteiger partial charge in [0.25, 0.3) is 0 Å². The maximum Gasteiger partial charge on any atom is 0.238 e. The number of aliphatic imine (C=N–C) groups is 1. The topological polar surface area (TPSA) is 109 Å². The Morgan fingerprint density at radius 2 is 2.07 bits per heavy atom. The maximum absolute atomic E-state index is 11.5. The molecule has 1 atom stereocenters. The maximum atomic E-state index is 11.5. The van der Waals surface area contributed by atoms with Crippen LogP contribution in [-0.4, -0.2) is 47.7 Å². The van der Waals surface area contributed by atoms with Crippen LogP contribution in [0.25, 0.3) is 0 Å². The zero-order valence-corrected chi connectivity index (χ0v) is 17.4. The summed E-state index contributed by atoms with van der Waals surface area (Å²) in [5.74, 6) is 1.53. The first kappa shape index (κ1) is 20.9. The van der Waals surface area contributed by atoms with E-state index in [4.69, 9.17) is 9.88 Å². The van der Waals surface area contributed by atoms with Gasteiger partial charge in [-0.1, -0.05) is 24.3 Å². The molecule has 156 valence electrons. The lowest BCUT2D eigenvalue weighted by Crippen LogP contribution is -2.44. The predicted molar refractivity (Wildman–Crippen MR) is 115 cm³/mol. The summed E-state index contributed by atoms with van der Waals surface area (Å²) in [5.41, 5.74) is 1.89. The van der Waals surface area contributed by atoms with Gasteiger partial charge < -0.3 is 20.3 Å². The molecule has 0 aromatic heterocycles. The lowest BCUT2D eigenvalue weighted by atomic mass is 10.2. The monoisotopic (exact) mass is 417 g/mol. The molecule has 0 amide bonds. The van der Waals surface area contributed by atoms with Gasteiger partial charge in [0.2, 0.25) is 10.0 Å². The Kier molecular flexibility index (Phi) is 6.60. The van der Waals surface area contributed by atoms with Crippen molar-refractivity contribution in [2.75, 3.05) is 32.1 Å². The number of ether oxygens (including phenoxy) is 1. The van der Waals surface area contributed by atoms with Crippen molar-refractivity contribution in [3.05, 3.63) is 54.1 Å². The summed E-state index contributed by atoms with van der Waals surface area (Å²) in [7, 11) is -0.323. The first-order chi connectivity index (χ1) is 13.9. The van der Waals surface area contributed by atoms with Crippen LogP contribution >= 0.6 is 0 Å². The zero-order chi connectivity index (χ0) is 20.9. The van der Waals surface area contributed by atoms with Crippen LogP contribution in [0.5, 0.6) is 5.75 Å². The third-order valence-electron chi connectivity index (χ3n) is 4.87. The molecule has 0 saturated carbocycles.